The second-order valence-electron chi connectivity index (χ2n) is 5.73. The van der Waals surface area contributed by atoms with E-state index in [1.165, 1.54) is 0 Å². The molecule has 0 radical (unpaired) electrons. The maximum Gasteiger partial charge on any atom is 0.292 e. The first kappa shape index (κ1) is 16.8. The fourth-order valence-electron chi connectivity index (χ4n) is 3.11. The highest BCUT2D eigenvalue weighted by Crippen LogP contribution is 2.46. The summed E-state index contributed by atoms with van der Waals surface area (Å²) in [6.07, 6.45) is 0. The van der Waals surface area contributed by atoms with Gasteiger partial charge in [0.25, 0.3) is 11.7 Å². The van der Waals surface area contributed by atoms with E-state index in [0.29, 0.717) is 37.1 Å². The molecule has 1 fully saturated rings. The van der Waals surface area contributed by atoms with E-state index in [2.05, 4.69) is 15.9 Å². The Hall–Kier alpha value is -1.60. The lowest BCUT2D eigenvalue weighted by atomic mass is 10.1. The SMILES string of the molecule is O=C1N(CCOc2ccc(Cl)cc2)c2ccc(Br)cc2C12OCCO2. The Bertz CT molecular complexity index is 805. The number of carbonyl (C=O) groups excluding carboxylic acids is 1. The van der Waals surface area contributed by atoms with Crippen molar-refractivity contribution in [2.45, 2.75) is 5.79 Å². The van der Waals surface area contributed by atoms with Crippen LogP contribution in [0, 0.1) is 0 Å². The molecule has 25 heavy (non-hydrogen) atoms. The summed E-state index contributed by atoms with van der Waals surface area (Å²) in [6.45, 7) is 1.53. The molecule has 2 aliphatic heterocycles. The van der Waals surface area contributed by atoms with Crippen LogP contribution in [-0.2, 0) is 20.1 Å². The molecule has 2 aromatic rings. The molecule has 2 heterocycles. The number of carbonyl (C=O) groups is 1. The molecular formula is C18H15BrClNO4. The number of anilines is 1. The molecule has 0 unspecified atom stereocenters. The van der Waals surface area contributed by atoms with Crippen molar-refractivity contribution in [3.8, 4) is 5.75 Å². The van der Waals surface area contributed by atoms with Gasteiger partial charge in [0.15, 0.2) is 0 Å². The van der Waals surface area contributed by atoms with Crippen LogP contribution in [-0.4, -0.2) is 32.3 Å². The van der Waals surface area contributed by atoms with E-state index in [1.54, 1.807) is 29.2 Å². The van der Waals surface area contributed by atoms with Gasteiger partial charge in [0.05, 0.1) is 25.4 Å². The van der Waals surface area contributed by atoms with Gasteiger partial charge in [0.2, 0.25) is 0 Å². The lowest BCUT2D eigenvalue weighted by molar-refractivity contribution is -0.180. The van der Waals surface area contributed by atoms with Gasteiger partial charge < -0.3 is 19.1 Å². The molecule has 0 atom stereocenters. The van der Waals surface area contributed by atoms with Crippen molar-refractivity contribution < 1.29 is 19.0 Å². The summed E-state index contributed by atoms with van der Waals surface area (Å²) in [4.78, 5) is 14.6. The molecular weight excluding hydrogens is 410 g/mol. The van der Waals surface area contributed by atoms with Crippen molar-refractivity contribution >= 4 is 39.1 Å². The van der Waals surface area contributed by atoms with Crippen molar-refractivity contribution in [1.29, 1.82) is 0 Å². The maximum absolute atomic E-state index is 13.0. The second-order valence-corrected chi connectivity index (χ2v) is 7.09. The summed E-state index contributed by atoms with van der Waals surface area (Å²) in [5.41, 5.74) is 1.52. The van der Waals surface area contributed by atoms with Crippen LogP contribution in [0.3, 0.4) is 0 Å². The smallest absolute Gasteiger partial charge is 0.292 e. The summed E-state index contributed by atoms with van der Waals surface area (Å²) in [7, 11) is 0. The van der Waals surface area contributed by atoms with E-state index in [9.17, 15) is 4.79 Å². The molecule has 1 amide bonds. The van der Waals surface area contributed by atoms with Crippen LogP contribution in [0.25, 0.3) is 0 Å². The molecule has 7 heteroatoms. The molecule has 1 spiro atoms. The van der Waals surface area contributed by atoms with Crippen LogP contribution in [0.5, 0.6) is 5.75 Å². The summed E-state index contributed by atoms with van der Waals surface area (Å²) < 4.78 is 18.0. The molecule has 5 nitrogen and oxygen atoms in total. The van der Waals surface area contributed by atoms with E-state index >= 15 is 0 Å². The molecule has 0 aromatic heterocycles. The molecule has 2 aromatic carbocycles. The largest absolute Gasteiger partial charge is 0.492 e. The van der Waals surface area contributed by atoms with Gasteiger partial charge in [-0.3, -0.25) is 4.79 Å². The van der Waals surface area contributed by atoms with E-state index in [0.717, 1.165) is 15.7 Å². The van der Waals surface area contributed by atoms with E-state index in [1.807, 2.05) is 18.2 Å². The zero-order valence-electron chi connectivity index (χ0n) is 13.2. The lowest BCUT2D eigenvalue weighted by Crippen LogP contribution is -2.42. The van der Waals surface area contributed by atoms with Crippen LogP contribution in [0.4, 0.5) is 5.69 Å². The third-order valence-corrected chi connectivity index (χ3v) is 4.97. The molecule has 0 saturated carbocycles. The highest BCUT2D eigenvalue weighted by Gasteiger charge is 2.55. The third-order valence-electron chi connectivity index (χ3n) is 4.22. The van der Waals surface area contributed by atoms with Crippen LogP contribution >= 0.6 is 27.5 Å². The van der Waals surface area contributed by atoms with Crippen molar-refractivity contribution in [3.05, 3.63) is 57.5 Å². The zero-order chi connectivity index (χ0) is 17.4. The van der Waals surface area contributed by atoms with Gasteiger partial charge in [-0.1, -0.05) is 27.5 Å². The summed E-state index contributed by atoms with van der Waals surface area (Å²) in [5.74, 6) is -0.827. The van der Waals surface area contributed by atoms with Crippen molar-refractivity contribution in [2.24, 2.45) is 0 Å². The average molecular weight is 425 g/mol. The minimum Gasteiger partial charge on any atom is -0.492 e. The van der Waals surface area contributed by atoms with Gasteiger partial charge in [-0.2, -0.15) is 0 Å². The second kappa shape index (κ2) is 6.61. The summed E-state index contributed by atoms with van der Waals surface area (Å²) >= 11 is 9.31. The van der Waals surface area contributed by atoms with Crippen molar-refractivity contribution in [1.82, 2.24) is 0 Å². The van der Waals surface area contributed by atoms with Crippen LogP contribution < -0.4 is 9.64 Å². The zero-order valence-corrected chi connectivity index (χ0v) is 15.5. The number of nitrogens with zero attached hydrogens (tertiary/aromatic N) is 1. The van der Waals surface area contributed by atoms with Gasteiger partial charge in [-0.05, 0) is 42.5 Å². The average Bonchev–Trinajstić information content (AvgIpc) is 3.18. The molecule has 0 N–H and O–H groups in total. The topological polar surface area (TPSA) is 48.0 Å². The Morgan fingerprint density at radius 2 is 1.88 bits per heavy atom. The van der Waals surface area contributed by atoms with Gasteiger partial charge in [0, 0.05) is 15.1 Å². The number of hydrogen-bond donors (Lipinski definition) is 0. The Morgan fingerprint density at radius 1 is 1.16 bits per heavy atom. The Labute approximate surface area is 158 Å². The van der Waals surface area contributed by atoms with Gasteiger partial charge in [0.1, 0.15) is 12.4 Å². The number of rotatable bonds is 4. The molecule has 0 bridgehead atoms. The number of benzene rings is 2. The highest BCUT2D eigenvalue weighted by atomic mass is 79.9. The minimum absolute atomic E-state index is 0.210. The quantitative estimate of drug-likeness (QED) is 0.750. The molecule has 1 saturated heterocycles. The first-order valence-electron chi connectivity index (χ1n) is 7.88. The number of halogens is 2. The van der Waals surface area contributed by atoms with E-state index < -0.39 is 5.79 Å². The monoisotopic (exact) mass is 423 g/mol. The van der Waals surface area contributed by atoms with Crippen LogP contribution in [0.1, 0.15) is 5.56 Å². The predicted octanol–water partition coefficient (Wildman–Crippen LogP) is 3.73. The third kappa shape index (κ3) is 2.93. The van der Waals surface area contributed by atoms with Gasteiger partial charge in [-0.15, -0.1) is 0 Å². The normalized spacial score (nSPS) is 18.0. The Balaban J connectivity index is 1.54. The molecule has 130 valence electrons. The van der Waals surface area contributed by atoms with Gasteiger partial charge >= 0.3 is 0 Å². The predicted molar refractivity (Wildman–Crippen MR) is 97.0 cm³/mol. The Morgan fingerprint density at radius 3 is 2.60 bits per heavy atom. The number of ether oxygens (including phenoxy) is 3. The first-order valence-corrected chi connectivity index (χ1v) is 9.05. The summed E-state index contributed by atoms with van der Waals surface area (Å²) in [5, 5.41) is 0.652. The molecule has 0 aliphatic carbocycles. The van der Waals surface area contributed by atoms with Crippen LogP contribution in [0.2, 0.25) is 5.02 Å². The van der Waals surface area contributed by atoms with Crippen LogP contribution in [0.15, 0.2) is 46.9 Å². The van der Waals surface area contributed by atoms with Crippen molar-refractivity contribution in [2.75, 3.05) is 31.3 Å². The first-order chi connectivity index (χ1) is 12.1. The number of fused-ring (bicyclic) bond motifs is 2. The minimum atomic E-state index is -1.32. The van der Waals surface area contributed by atoms with Crippen molar-refractivity contribution in [3.63, 3.8) is 0 Å². The fourth-order valence-corrected chi connectivity index (χ4v) is 3.60. The number of hydrogen-bond acceptors (Lipinski definition) is 4. The lowest BCUT2D eigenvalue weighted by Gasteiger charge is -2.22. The Kier molecular flexibility index (Phi) is 4.45. The molecule has 4 rings (SSSR count). The molecule has 2 aliphatic rings. The maximum atomic E-state index is 13.0. The number of amides is 1. The highest BCUT2D eigenvalue weighted by molar-refractivity contribution is 9.10. The summed E-state index contributed by atoms with van der Waals surface area (Å²) in [6, 6.07) is 12.8. The van der Waals surface area contributed by atoms with E-state index in [4.69, 9.17) is 25.8 Å². The standard InChI is InChI=1S/C18H15BrClNO4/c19-12-1-6-16-15(11-12)18(24-9-10-25-18)17(22)21(16)7-8-23-14-4-2-13(20)3-5-14/h1-6,11H,7-10H2. The van der Waals surface area contributed by atoms with E-state index in [-0.39, 0.29) is 5.91 Å². The fraction of sp³-hybridized carbons (Fsp3) is 0.278. The van der Waals surface area contributed by atoms with Gasteiger partial charge in [-0.25, -0.2) is 0 Å².